The predicted octanol–water partition coefficient (Wildman–Crippen LogP) is 1.46. The van der Waals surface area contributed by atoms with Gasteiger partial charge in [0.25, 0.3) is 0 Å². The van der Waals surface area contributed by atoms with E-state index in [9.17, 15) is 22.8 Å². The van der Waals surface area contributed by atoms with Crippen LogP contribution >= 0.6 is 0 Å². The summed E-state index contributed by atoms with van der Waals surface area (Å²) < 4.78 is 45.5. The molecule has 0 fully saturated rings. The number of fused-ring (bicyclic) bond motifs is 1. The minimum atomic E-state index is -4.57. The van der Waals surface area contributed by atoms with E-state index in [0.717, 1.165) is 27.3 Å². The van der Waals surface area contributed by atoms with E-state index in [0.29, 0.717) is 0 Å². The predicted molar refractivity (Wildman–Crippen MR) is 78.2 cm³/mol. The molecule has 0 aliphatic carbocycles. The molecule has 0 atom stereocenters. The first-order chi connectivity index (χ1) is 10.8. The summed E-state index contributed by atoms with van der Waals surface area (Å²) in [6, 6.07) is 2.83. The maximum atomic E-state index is 12.9. The number of terminal acetylenes is 1. The molecule has 0 unspecified atom stereocenters. The van der Waals surface area contributed by atoms with Crippen LogP contribution in [0.25, 0.3) is 11.0 Å². The Labute approximate surface area is 128 Å². The summed E-state index contributed by atoms with van der Waals surface area (Å²) in [4.78, 5) is 24.3. The van der Waals surface area contributed by atoms with Crippen molar-refractivity contribution in [3.8, 4) is 12.3 Å². The highest BCUT2D eigenvalue weighted by Gasteiger charge is 2.31. The van der Waals surface area contributed by atoms with E-state index in [-0.39, 0.29) is 30.7 Å². The molecule has 1 aromatic carbocycles. The van der Waals surface area contributed by atoms with Crippen molar-refractivity contribution in [3.63, 3.8) is 0 Å². The number of benzene rings is 1. The molecule has 0 spiro atoms. The number of hydrogen-bond acceptors (Lipinski definition) is 3. The molecular formula is C15H13F3N2O3. The fourth-order valence-corrected chi connectivity index (χ4v) is 2.25. The van der Waals surface area contributed by atoms with Gasteiger partial charge < -0.3 is 4.74 Å². The second kappa shape index (κ2) is 6.30. The van der Waals surface area contributed by atoms with Crippen molar-refractivity contribution in [2.75, 3.05) is 13.7 Å². The quantitative estimate of drug-likeness (QED) is 0.631. The van der Waals surface area contributed by atoms with E-state index in [4.69, 9.17) is 11.2 Å². The molecule has 0 aliphatic heterocycles. The molecule has 0 saturated carbocycles. The summed E-state index contributed by atoms with van der Waals surface area (Å²) in [7, 11) is 1.41. The van der Waals surface area contributed by atoms with Crippen LogP contribution in [0.4, 0.5) is 13.2 Å². The average Bonchev–Trinajstić information content (AvgIpc) is 2.50. The largest absolute Gasteiger partial charge is 0.416 e. The van der Waals surface area contributed by atoms with Gasteiger partial charge in [-0.2, -0.15) is 13.2 Å². The van der Waals surface area contributed by atoms with Crippen LogP contribution < -0.4 is 11.1 Å². The number of ether oxygens (including phenoxy) is 1. The molecule has 8 heteroatoms. The first-order valence-electron chi connectivity index (χ1n) is 6.58. The molecular weight excluding hydrogens is 313 g/mol. The Hall–Kier alpha value is -2.53. The fraction of sp³-hybridized carbons (Fsp3) is 0.333. The van der Waals surface area contributed by atoms with Crippen molar-refractivity contribution in [1.29, 1.82) is 0 Å². The van der Waals surface area contributed by atoms with Crippen molar-refractivity contribution < 1.29 is 17.9 Å². The van der Waals surface area contributed by atoms with Crippen molar-refractivity contribution in [3.05, 3.63) is 44.5 Å². The molecule has 122 valence electrons. The number of alkyl halides is 3. The summed E-state index contributed by atoms with van der Waals surface area (Å²) in [5.41, 5.74) is -2.60. The van der Waals surface area contributed by atoms with Gasteiger partial charge in [0.2, 0.25) is 0 Å². The number of hydrogen-bond donors (Lipinski definition) is 0. The van der Waals surface area contributed by atoms with Crippen molar-refractivity contribution in [1.82, 2.24) is 9.13 Å². The Kier molecular flexibility index (Phi) is 4.61. The van der Waals surface area contributed by atoms with E-state index < -0.39 is 22.9 Å². The molecule has 0 radical (unpaired) electrons. The van der Waals surface area contributed by atoms with E-state index in [1.54, 1.807) is 0 Å². The van der Waals surface area contributed by atoms with Crippen molar-refractivity contribution in [2.24, 2.45) is 0 Å². The second-order valence-corrected chi connectivity index (χ2v) is 4.75. The maximum absolute atomic E-state index is 12.9. The number of nitrogens with zero attached hydrogens (tertiary/aromatic N) is 2. The molecule has 23 heavy (non-hydrogen) atoms. The zero-order valence-corrected chi connectivity index (χ0v) is 12.2. The summed E-state index contributed by atoms with van der Waals surface area (Å²) >= 11 is 0. The zero-order chi connectivity index (χ0) is 17.2. The van der Waals surface area contributed by atoms with Crippen LogP contribution in [0.2, 0.25) is 0 Å². The van der Waals surface area contributed by atoms with E-state index in [2.05, 4.69) is 5.92 Å². The molecule has 2 aromatic rings. The summed E-state index contributed by atoms with van der Waals surface area (Å²) in [6.45, 7) is -0.116. The average molecular weight is 326 g/mol. The maximum Gasteiger partial charge on any atom is 0.416 e. The van der Waals surface area contributed by atoms with Crippen LogP contribution in [0, 0.1) is 12.3 Å². The van der Waals surface area contributed by atoms with Gasteiger partial charge in [-0.05, 0) is 18.2 Å². The Morgan fingerprint density at radius 3 is 2.39 bits per heavy atom. The van der Waals surface area contributed by atoms with Crippen molar-refractivity contribution in [2.45, 2.75) is 19.3 Å². The van der Waals surface area contributed by atoms with Gasteiger partial charge in [0.15, 0.2) is 0 Å². The van der Waals surface area contributed by atoms with Gasteiger partial charge >= 0.3 is 17.3 Å². The topological polar surface area (TPSA) is 53.2 Å². The highest BCUT2D eigenvalue weighted by Crippen LogP contribution is 2.30. The summed E-state index contributed by atoms with van der Waals surface area (Å²) in [6.07, 6.45) is 0.581. The lowest BCUT2D eigenvalue weighted by Gasteiger charge is -2.15. The van der Waals surface area contributed by atoms with Crippen LogP contribution in [-0.4, -0.2) is 22.9 Å². The lowest BCUT2D eigenvalue weighted by Crippen LogP contribution is -2.42. The van der Waals surface area contributed by atoms with Crippen molar-refractivity contribution >= 4 is 11.0 Å². The second-order valence-electron chi connectivity index (χ2n) is 4.75. The summed E-state index contributed by atoms with van der Waals surface area (Å²) in [5, 5.41) is 0. The number of aromatic nitrogens is 2. The van der Waals surface area contributed by atoms with Gasteiger partial charge in [-0.25, -0.2) is 0 Å². The first kappa shape index (κ1) is 16.8. The minimum Gasteiger partial charge on any atom is -0.383 e. The number of methoxy groups -OCH3 is 1. The lowest BCUT2D eigenvalue weighted by atomic mass is 10.1. The molecule has 0 N–H and O–H groups in total. The standard InChI is InChI=1S/C15H13F3N2O3/c1-3-6-19-12-9-10(15(16,17)18)4-5-11(12)20(7-8-23-2)14(22)13(19)21/h1,4-5,9H,6-8H2,2H3. The van der Waals surface area contributed by atoms with Crippen LogP contribution in [-0.2, 0) is 24.0 Å². The highest BCUT2D eigenvalue weighted by atomic mass is 19.4. The Morgan fingerprint density at radius 1 is 1.17 bits per heavy atom. The molecule has 1 heterocycles. The Morgan fingerprint density at radius 2 is 1.83 bits per heavy atom. The molecule has 2 rings (SSSR count). The third kappa shape index (κ3) is 3.14. The van der Waals surface area contributed by atoms with Crippen LogP contribution in [0.1, 0.15) is 5.56 Å². The molecule has 0 saturated heterocycles. The van der Waals surface area contributed by atoms with Gasteiger partial charge in [0, 0.05) is 13.7 Å². The monoisotopic (exact) mass is 326 g/mol. The van der Waals surface area contributed by atoms with Crippen LogP contribution in [0.15, 0.2) is 27.8 Å². The highest BCUT2D eigenvalue weighted by molar-refractivity contribution is 5.76. The third-order valence-corrected chi connectivity index (χ3v) is 3.33. The van der Waals surface area contributed by atoms with E-state index >= 15 is 0 Å². The first-order valence-corrected chi connectivity index (χ1v) is 6.58. The number of rotatable bonds is 4. The van der Waals surface area contributed by atoms with Gasteiger partial charge in [-0.1, -0.05) is 5.92 Å². The van der Waals surface area contributed by atoms with Gasteiger partial charge in [-0.3, -0.25) is 18.7 Å². The number of halogens is 3. The summed E-state index contributed by atoms with van der Waals surface area (Å²) in [5.74, 6) is 2.17. The SMILES string of the molecule is C#CCn1c(=O)c(=O)n(CCOC)c2ccc(C(F)(F)F)cc21. The van der Waals surface area contributed by atoms with Crippen LogP contribution in [0.5, 0.6) is 0 Å². The minimum absolute atomic E-state index is 0.0431. The van der Waals surface area contributed by atoms with Gasteiger partial charge in [0.05, 0.1) is 29.7 Å². The van der Waals surface area contributed by atoms with Gasteiger partial charge in [-0.15, -0.1) is 6.42 Å². The zero-order valence-electron chi connectivity index (χ0n) is 12.2. The molecule has 0 aliphatic rings. The fourth-order valence-electron chi connectivity index (χ4n) is 2.25. The molecule has 1 aromatic heterocycles. The molecule has 0 bridgehead atoms. The smallest absolute Gasteiger partial charge is 0.383 e. The lowest BCUT2D eigenvalue weighted by molar-refractivity contribution is -0.137. The van der Waals surface area contributed by atoms with E-state index in [1.807, 2.05) is 0 Å². The Balaban J connectivity index is 2.87. The van der Waals surface area contributed by atoms with Gasteiger partial charge in [0.1, 0.15) is 0 Å². The normalized spacial score (nSPS) is 11.6. The third-order valence-electron chi connectivity index (χ3n) is 3.33. The van der Waals surface area contributed by atoms with Crippen LogP contribution in [0.3, 0.4) is 0 Å². The Bertz CT molecular complexity index is 888. The van der Waals surface area contributed by atoms with E-state index in [1.165, 1.54) is 7.11 Å². The molecule has 5 nitrogen and oxygen atoms in total. The molecule has 0 amide bonds.